The lowest BCUT2D eigenvalue weighted by Crippen LogP contribution is -2.37. The molecule has 1 aliphatic rings. The molecule has 0 spiro atoms. The second-order valence-electron chi connectivity index (χ2n) is 3.34. The number of carbonyl (C=O) groups is 1. The van der Waals surface area contributed by atoms with Crippen molar-refractivity contribution in [2.24, 2.45) is 0 Å². The Morgan fingerprint density at radius 3 is 2.50 bits per heavy atom. The molecule has 1 aliphatic heterocycles. The summed E-state index contributed by atoms with van der Waals surface area (Å²) in [7, 11) is 0. The Hall–Kier alpha value is -0.320. The lowest BCUT2D eigenvalue weighted by atomic mass is 10.1. The molecule has 14 heavy (non-hydrogen) atoms. The van der Waals surface area contributed by atoms with Crippen LogP contribution in [0, 0.1) is 0 Å². The van der Waals surface area contributed by atoms with Crippen LogP contribution in [0.15, 0.2) is 0 Å². The number of piperidine rings is 1. The lowest BCUT2D eigenvalue weighted by Gasteiger charge is -2.30. The SMILES string of the molecule is CCN1CCC(OCC(=O)O)CC1.Cl. The van der Waals surface area contributed by atoms with Crippen molar-refractivity contribution in [3.05, 3.63) is 0 Å². The fourth-order valence-corrected chi connectivity index (χ4v) is 1.58. The Bertz CT molecular complexity index is 169. The number of aliphatic carboxylic acids is 1. The standard InChI is InChI=1S/C9H17NO3.ClH/c1-2-10-5-3-8(4-6-10)13-7-9(11)12;/h8H,2-7H2,1H3,(H,11,12);1H. The topological polar surface area (TPSA) is 49.8 Å². The van der Waals surface area contributed by atoms with E-state index in [1.54, 1.807) is 0 Å². The Kier molecular flexibility index (Phi) is 6.87. The number of likely N-dealkylation sites (tertiary alicyclic amines) is 1. The van der Waals surface area contributed by atoms with Gasteiger partial charge in [-0.3, -0.25) is 0 Å². The van der Waals surface area contributed by atoms with Crippen LogP contribution in [0.1, 0.15) is 19.8 Å². The van der Waals surface area contributed by atoms with E-state index in [0.717, 1.165) is 32.5 Å². The summed E-state index contributed by atoms with van der Waals surface area (Å²) in [5.74, 6) is -0.877. The Morgan fingerprint density at radius 2 is 2.07 bits per heavy atom. The summed E-state index contributed by atoms with van der Waals surface area (Å²) < 4.78 is 5.21. The maximum Gasteiger partial charge on any atom is 0.329 e. The van der Waals surface area contributed by atoms with Gasteiger partial charge in [-0.2, -0.15) is 0 Å². The van der Waals surface area contributed by atoms with Crippen LogP contribution in [0.25, 0.3) is 0 Å². The van der Waals surface area contributed by atoms with Crippen molar-refractivity contribution in [2.45, 2.75) is 25.9 Å². The lowest BCUT2D eigenvalue weighted by molar-refractivity contribution is -0.145. The third-order valence-electron chi connectivity index (χ3n) is 2.42. The van der Waals surface area contributed by atoms with E-state index in [1.807, 2.05) is 0 Å². The van der Waals surface area contributed by atoms with Gasteiger partial charge in [0.05, 0.1) is 6.10 Å². The van der Waals surface area contributed by atoms with Gasteiger partial charge in [-0.05, 0) is 19.4 Å². The van der Waals surface area contributed by atoms with E-state index in [-0.39, 0.29) is 25.1 Å². The highest BCUT2D eigenvalue weighted by Crippen LogP contribution is 2.12. The molecule has 1 rings (SSSR count). The monoisotopic (exact) mass is 223 g/mol. The molecule has 1 fully saturated rings. The van der Waals surface area contributed by atoms with Crippen molar-refractivity contribution in [1.29, 1.82) is 0 Å². The number of rotatable bonds is 4. The highest BCUT2D eigenvalue weighted by atomic mass is 35.5. The number of nitrogens with zero attached hydrogens (tertiary/aromatic N) is 1. The van der Waals surface area contributed by atoms with Gasteiger partial charge in [0.2, 0.25) is 0 Å². The first-order chi connectivity index (χ1) is 6.22. The molecule has 0 aromatic rings. The molecule has 4 nitrogen and oxygen atoms in total. The van der Waals surface area contributed by atoms with E-state index < -0.39 is 5.97 Å². The van der Waals surface area contributed by atoms with Crippen LogP contribution in [0.2, 0.25) is 0 Å². The molecule has 1 heterocycles. The Labute approximate surface area is 90.6 Å². The normalized spacial score (nSPS) is 18.9. The first-order valence-electron chi connectivity index (χ1n) is 4.78. The smallest absolute Gasteiger partial charge is 0.329 e. The maximum atomic E-state index is 10.2. The minimum atomic E-state index is -0.877. The van der Waals surface area contributed by atoms with Gasteiger partial charge in [0.1, 0.15) is 6.61 Å². The van der Waals surface area contributed by atoms with Crippen LogP contribution in [0.3, 0.4) is 0 Å². The minimum Gasteiger partial charge on any atom is -0.480 e. The van der Waals surface area contributed by atoms with E-state index in [4.69, 9.17) is 9.84 Å². The average Bonchev–Trinajstić information content (AvgIpc) is 2.15. The third-order valence-corrected chi connectivity index (χ3v) is 2.42. The van der Waals surface area contributed by atoms with Crippen LogP contribution in [-0.2, 0) is 9.53 Å². The van der Waals surface area contributed by atoms with E-state index in [0.29, 0.717) is 0 Å². The van der Waals surface area contributed by atoms with Crippen molar-refractivity contribution >= 4 is 18.4 Å². The molecule has 1 saturated heterocycles. The molecule has 84 valence electrons. The molecule has 0 saturated carbocycles. The highest BCUT2D eigenvalue weighted by molar-refractivity contribution is 5.85. The van der Waals surface area contributed by atoms with Gasteiger partial charge in [0, 0.05) is 13.1 Å². The molecular formula is C9H18ClNO3. The molecule has 0 aliphatic carbocycles. The molecular weight excluding hydrogens is 206 g/mol. The van der Waals surface area contributed by atoms with Crippen molar-refractivity contribution in [1.82, 2.24) is 4.90 Å². The largest absolute Gasteiger partial charge is 0.480 e. The van der Waals surface area contributed by atoms with Crippen molar-refractivity contribution in [2.75, 3.05) is 26.2 Å². The summed E-state index contributed by atoms with van der Waals surface area (Å²) in [6.45, 7) is 5.11. The Morgan fingerprint density at radius 1 is 1.50 bits per heavy atom. The molecule has 0 aromatic heterocycles. The molecule has 1 N–H and O–H groups in total. The number of carboxylic acid groups (broad SMARTS) is 1. The van der Waals surface area contributed by atoms with Crippen LogP contribution >= 0.6 is 12.4 Å². The number of carboxylic acids is 1. The molecule has 0 aromatic carbocycles. The van der Waals surface area contributed by atoms with Crippen molar-refractivity contribution in [3.8, 4) is 0 Å². The molecule has 0 amide bonds. The summed E-state index contributed by atoms with van der Waals surface area (Å²) in [4.78, 5) is 12.6. The van der Waals surface area contributed by atoms with Crippen LogP contribution in [-0.4, -0.2) is 48.3 Å². The number of ether oxygens (including phenoxy) is 1. The first-order valence-corrected chi connectivity index (χ1v) is 4.78. The summed E-state index contributed by atoms with van der Waals surface area (Å²) >= 11 is 0. The highest BCUT2D eigenvalue weighted by Gasteiger charge is 2.18. The minimum absolute atomic E-state index is 0. The predicted molar refractivity (Wildman–Crippen MR) is 56.0 cm³/mol. The van der Waals surface area contributed by atoms with Crippen LogP contribution < -0.4 is 0 Å². The molecule has 0 radical (unpaired) electrons. The van der Waals surface area contributed by atoms with Crippen molar-refractivity contribution < 1.29 is 14.6 Å². The van der Waals surface area contributed by atoms with Crippen LogP contribution in [0.5, 0.6) is 0 Å². The second-order valence-corrected chi connectivity index (χ2v) is 3.34. The summed E-state index contributed by atoms with van der Waals surface area (Å²) in [5.41, 5.74) is 0. The number of halogens is 1. The van der Waals surface area contributed by atoms with Gasteiger partial charge in [0.25, 0.3) is 0 Å². The summed E-state index contributed by atoms with van der Waals surface area (Å²) in [6, 6.07) is 0. The zero-order chi connectivity index (χ0) is 9.68. The van der Waals surface area contributed by atoms with Gasteiger partial charge in [-0.1, -0.05) is 6.92 Å². The zero-order valence-electron chi connectivity index (χ0n) is 8.44. The van der Waals surface area contributed by atoms with E-state index in [1.165, 1.54) is 0 Å². The maximum absolute atomic E-state index is 10.2. The van der Waals surface area contributed by atoms with Gasteiger partial charge in [-0.25, -0.2) is 4.79 Å². The quantitative estimate of drug-likeness (QED) is 0.773. The summed E-state index contributed by atoms with van der Waals surface area (Å²) in [5, 5.41) is 8.41. The second kappa shape index (κ2) is 7.04. The fourth-order valence-electron chi connectivity index (χ4n) is 1.58. The Balaban J connectivity index is 0.00000169. The van der Waals surface area contributed by atoms with Gasteiger partial charge in [-0.15, -0.1) is 12.4 Å². The first kappa shape index (κ1) is 13.7. The van der Waals surface area contributed by atoms with Gasteiger partial charge in [0.15, 0.2) is 0 Å². The predicted octanol–water partition coefficient (Wildman–Crippen LogP) is 0.994. The molecule has 5 heteroatoms. The molecule has 0 atom stereocenters. The number of hydrogen-bond donors (Lipinski definition) is 1. The van der Waals surface area contributed by atoms with E-state index >= 15 is 0 Å². The number of hydrogen-bond acceptors (Lipinski definition) is 3. The van der Waals surface area contributed by atoms with Crippen molar-refractivity contribution in [3.63, 3.8) is 0 Å². The van der Waals surface area contributed by atoms with Gasteiger partial charge >= 0.3 is 5.97 Å². The molecule has 0 bridgehead atoms. The average molecular weight is 224 g/mol. The third kappa shape index (κ3) is 4.79. The molecule has 0 unspecified atom stereocenters. The fraction of sp³-hybridized carbons (Fsp3) is 0.889. The van der Waals surface area contributed by atoms with Gasteiger partial charge < -0.3 is 14.7 Å². The van der Waals surface area contributed by atoms with E-state index in [2.05, 4.69) is 11.8 Å². The zero-order valence-corrected chi connectivity index (χ0v) is 9.26. The summed E-state index contributed by atoms with van der Waals surface area (Å²) in [6.07, 6.45) is 2.07. The van der Waals surface area contributed by atoms with Crippen LogP contribution in [0.4, 0.5) is 0 Å². The van der Waals surface area contributed by atoms with E-state index in [9.17, 15) is 4.79 Å².